The van der Waals surface area contributed by atoms with Crippen LogP contribution in [0.5, 0.6) is 0 Å². The molecule has 1 fully saturated rings. The Morgan fingerprint density at radius 3 is 2.80 bits per heavy atom. The third kappa shape index (κ3) is 4.72. The summed E-state index contributed by atoms with van der Waals surface area (Å²) in [6.45, 7) is 9.15. The number of ether oxygens (including phenoxy) is 1. The Bertz CT molecular complexity index is 404. The van der Waals surface area contributed by atoms with Gasteiger partial charge in [-0.05, 0) is 45.2 Å². The van der Waals surface area contributed by atoms with Crippen molar-refractivity contribution in [2.45, 2.75) is 26.7 Å². The third-order valence-electron chi connectivity index (χ3n) is 3.75. The highest BCUT2D eigenvalue weighted by atomic mass is 16.5. The normalized spacial score (nSPS) is 20.1. The number of methoxy groups -OCH3 is 1. The van der Waals surface area contributed by atoms with E-state index in [0.717, 1.165) is 43.6 Å². The van der Waals surface area contributed by atoms with E-state index in [9.17, 15) is 0 Å². The van der Waals surface area contributed by atoms with E-state index >= 15 is 0 Å². The van der Waals surface area contributed by atoms with Crippen LogP contribution in [-0.2, 0) is 4.74 Å². The summed E-state index contributed by atoms with van der Waals surface area (Å²) in [4.78, 5) is 11.4. The number of piperidine rings is 1. The fourth-order valence-electron chi connectivity index (χ4n) is 2.78. The van der Waals surface area contributed by atoms with Gasteiger partial charge in [0.2, 0.25) is 5.95 Å². The van der Waals surface area contributed by atoms with Crippen molar-refractivity contribution in [3.05, 3.63) is 17.5 Å². The van der Waals surface area contributed by atoms with E-state index in [-0.39, 0.29) is 0 Å². The molecule has 5 heteroatoms. The average Bonchev–Trinajstić information content (AvgIpc) is 2.42. The molecule has 1 aromatic rings. The number of rotatable bonds is 6. The van der Waals surface area contributed by atoms with E-state index in [0.29, 0.717) is 5.92 Å². The van der Waals surface area contributed by atoms with Crippen LogP contribution < -0.4 is 5.32 Å². The highest BCUT2D eigenvalue weighted by Gasteiger charge is 2.19. The fourth-order valence-corrected chi connectivity index (χ4v) is 2.78. The van der Waals surface area contributed by atoms with Crippen LogP contribution in [0.15, 0.2) is 6.07 Å². The Balaban J connectivity index is 1.80. The minimum absolute atomic E-state index is 0.671. The summed E-state index contributed by atoms with van der Waals surface area (Å²) in [6.07, 6.45) is 2.55. The van der Waals surface area contributed by atoms with E-state index in [1.54, 1.807) is 7.11 Å². The number of anilines is 1. The predicted molar refractivity (Wildman–Crippen MR) is 81.0 cm³/mol. The molecule has 1 atom stereocenters. The lowest BCUT2D eigenvalue weighted by Gasteiger charge is -2.32. The molecule has 0 spiro atoms. The maximum atomic E-state index is 5.16. The summed E-state index contributed by atoms with van der Waals surface area (Å²) >= 11 is 0. The lowest BCUT2D eigenvalue weighted by Crippen LogP contribution is -2.39. The Labute approximate surface area is 121 Å². The highest BCUT2D eigenvalue weighted by Crippen LogP contribution is 2.16. The Morgan fingerprint density at radius 1 is 1.35 bits per heavy atom. The van der Waals surface area contributed by atoms with Crippen molar-refractivity contribution in [3.63, 3.8) is 0 Å². The smallest absolute Gasteiger partial charge is 0.223 e. The molecule has 112 valence electrons. The van der Waals surface area contributed by atoms with Crippen molar-refractivity contribution < 1.29 is 4.74 Å². The van der Waals surface area contributed by atoms with E-state index < -0.39 is 0 Å². The summed E-state index contributed by atoms with van der Waals surface area (Å²) in [6, 6.07) is 2.00. The third-order valence-corrected chi connectivity index (χ3v) is 3.75. The summed E-state index contributed by atoms with van der Waals surface area (Å²) < 4.78 is 5.16. The molecule has 20 heavy (non-hydrogen) atoms. The number of hydrogen-bond donors (Lipinski definition) is 1. The SMILES string of the molecule is COCCN1CCC[C@H](CNc2nc(C)cc(C)n2)C1. The Kier molecular flexibility index (Phi) is 5.73. The van der Waals surface area contributed by atoms with Crippen molar-refractivity contribution in [2.75, 3.05) is 45.2 Å². The van der Waals surface area contributed by atoms with Crippen LogP contribution in [0.2, 0.25) is 0 Å². The first-order valence-corrected chi connectivity index (χ1v) is 7.45. The molecule has 5 nitrogen and oxygen atoms in total. The van der Waals surface area contributed by atoms with Crippen molar-refractivity contribution >= 4 is 5.95 Å². The molecule has 0 bridgehead atoms. The van der Waals surface area contributed by atoms with Crippen molar-refractivity contribution in [1.29, 1.82) is 0 Å². The average molecular weight is 278 g/mol. The lowest BCUT2D eigenvalue weighted by molar-refractivity contribution is 0.117. The molecule has 0 unspecified atom stereocenters. The topological polar surface area (TPSA) is 50.3 Å². The monoisotopic (exact) mass is 278 g/mol. The summed E-state index contributed by atoms with van der Waals surface area (Å²) in [5.74, 6) is 1.43. The predicted octanol–water partition coefficient (Wildman–Crippen LogP) is 1.86. The van der Waals surface area contributed by atoms with Crippen LogP contribution in [-0.4, -0.2) is 54.8 Å². The molecule has 0 radical (unpaired) electrons. The molecule has 0 amide bonds. The van der Waals surface area contributed by atoms with Gasteiger partial charge in [-0.1, -0.05) is 0 Å². The number of hydrogen-bond acceptors (Lipinski definition) is 5. The second-order valence-corrected chi connectivity index (χ2v) is 5.66. The molecule has 0 aromatic carbocycles. The molecule has 1 aliphatic rings. The van der Waals surface area contributed by atoms with Crippen molar-refractivity contribution in [1.82, 2.24) is 14.9 Å². The maximum absolute atomic E-state index is 5.16. The van der Waals surface area contributed by atoms with E-state index in [1.165, 1.54) is 19.4 Å². The second-order valence-electron chi connectivity index (χ2n) is 5.66. The quantitative estimate of drug-likeness (QED) is 0.861. The molecule has 2 rings (SSSR count). The van der Waals surface area contributed by atoms with E-state index in [1.807, 2.05) is 19.9 Å². The minimum Gasteiger partial charge on any atom is -0.383 e. The molecule has 1 N–H and O–H groups in total. The number of nitrogens with zero attached hydrogens (tertiary/aromatic N) is 3. The molecule has 2 heterocycles. The van der Waals surface area contributed by atoms with Crippen LogP contribution in [0.1, 0.15) is 24.2 Å². The number of nitrogens with one attached hydrogen (secondary N) is 1. The second kappa shape index (κ2) is 7.55. The van der Waals surface area contributed by atoms with E-state index in [2.05, 4.69) is 20.2 Å². The van der Waals surface area contributed by atoms with Crippen molar-refractivity contribution in [2.24, 2.45) is 5.92 Å². The van der Waals surface area contributed by atoms with Gasteiger partial charge in [0.25, 0.3) is 0 Å². The zero-order valence-corrected chi connectivity index (χ0v) is 12.9. The van der Waals surface area contributed by atoms with Crippen molar-refractivity contribution in [3.8, 4) is 0 Å². The molecular formula is C15H26N4O. The van der Waals surface area contributed by atoms with Gasteiger partial charge in [0.15, 0.2) is 0 Å². The van der Waals surface area contributed by atoms with Crippen LogP contribution in [0, 0.1) is 19.8 Å². The van der Waals surface area contributed by atoms with Crippen LogP contribution in [0.4, 0.5) is 5.95 Å². The molecule has 1 aromatic heterocycles. The van der Waals surface area contributed by atoms with Crippen LogP contribution in [0.25, 0.3) is 0 Å². The maximum Gasteiger partial charge on any atom is 0.223 e. The minimum atomic E-state index is 0.671. The van der Waals surface area contributed by atoms with Gasteiger partial charge in [0.05, 0.1) is 6.61 Å². The highest BCUT2D eigenvalue weighted by molar-refractivity contribution is 5.27. The largest absolute Gasteiger partial charge is 0.383 e. The van der Waals surface area contributed by atoms with Gasteiger partial charge in [-0.2, -0.15) is 0 Å². The lowest BCUT2D eigenvalue weighted by atomic mass is 9.98. The summed E-state index contributed by atoms with van der Waals surface area (Å²) in [5.41, 5.74) is 2.04. The Hall–Kier alpha value is -1.20. The molecule has 0 saturated carbocycles. The zero-order valence-electron chi connectivity index (χ0n) is 12.9. The number of aryl methyl sites for hydroxylation is 2. The van der Waals surface area contributed by atoms with Gasteiger partial charge < -0.3 is 15.0 Å². The van der Waals surface area contributed by atoms with Gasteiger partial charge in [0.1, 0.15) is 0 Å². The van der Waals surface area contributed by atoms with Crippen LogP contribution in [0.3, 0.4) is 0 Å². The first-order valence-electron chi connectivity index (χ1n) is 7.45. The van der Waals surface area contributed by atoms with Gasteiger partial charge in [-0.15, -0.1) is 0 Å². The molecular weight excluding hydrogens is 252 g/mol. The summed E-state index contributed by atoms with van der Waals surface area (Å²) in [7, 11) is 1.76. The van der Waals surface area contributed by atoms with Gasteiger partial charge in [-0.25, -0.2) is 9.97 Å². The standard InChI is InChI=1S/C15H26N4O/c1-12-9-13(2)18-15(17-12)16-10-14-5-4-6-19(11-14)7-8-20-3/h9,14H,4-8,10-11H2,1-3H3,(H,16,17,18)/t14-/m1/s1. The first-order chi connectivity index (χ1) is 9.67. The first kappa shape index (κ1) is 15.2. The van der Waals surface area contributed by atoms with E-state index in [4.69, 9.17) is 4.74 Å². The van der Waals surface area contributed by atoms with Gasteiger partial charge >= 0.3 is 0 Å². The van der Waals surface area contributed by atoms with Gasteiger partial charge in [0, 0.05) is 38.1 Å². The van der Waals surface area contributed by atoms with Gasteiger partial charge in [-0.3, -0.25) is 0 Å². The van der Waals surface area contributed by atoms with Crippen LogP contribution >= 0.6 is 0 Å². The fraction of sp³-hybridized carbons (Fsp3) is 0.733. The Morgan fingerprint density at radius 2 is 2.10 bits per heavy atom. The number of likely N-dealkylation sites (tertiary alicyclic amines) is 1. The molecule has 1 saturated heterocycles. The molecule has 1 aliphatic heterocycles. The summed E-state index contributed by atoms with van der Waals surface area (Å²) in [5, 5.41) is 3.39. The molecule has 0 aliphatic carbocycles. The zero-order chi connectivity index (χ0) is 14.4. The number of aromatic nitrogens is 2.